The van der Waals surface area contributed by atoms with Gasteiger partial charge in [-0.25, -0.2) is 4.98 Å². The number of imidazole rings is 1. The first-order valence-corrected chi connectivity index (χ1v) is 10.0. The molecule has 0 spiro atoms. The lowest BCUT2D eigenvalue weighted by Crippen LogP contribution is -2.16. The number of aryl methyl sites for hydroxylation is 1. The highest BCUT2D eigenvalue weighted by Crippen LogP contribution is 2.32. The van der Waals surface area contributed by atoms with Crippen LogP contribution >= 0.6 is 0 Å². The molecule has 7 nitrogen and oxygen atoms in total. The van der Waals surface area contributed by atoms with Crippen molar-refractivity contribution in [3.05, 3.63) is 40.4 Å². The van der Waals surface area contributed by atoms with E-state index in [1.54, 1.807) is 13.2 Å². The van der Waals surface area contributed by atoms with Crippen molar-refractivity contribution in [1.29, 1.82) is 0 Å². The summed E-state index contributed by atoms with van der Waals surface area (Å²) in [4.78, 5) is 24.9. The van der Waals surface area contributed by atoms with Crippen molar-refractivity contribution in [2.24, 2.45) is 0 Å². The van der Waals surface area contributed by atoms with Crippen molar-refractivity contribution in [3.63, 3.8) is 0 Å². The molecular weight excluding hydrogens is 356 g/mol. The van der Waals surface area contributed by atoms with Crippen LogP contribution in [0.25, 0.3) is 11.2 Å². The Hall–Kier alpha value is -2.83. The van der Waals surface area contributed by atoms with Crippen LogP contribution in [0.5, 0.6) is 17.5 Å². The van der Waals surface area contributed by atoms with Gasteiger partial charge in [0.2, 0.25) is 0 Å². The number of nitrogens with zero attached hydrogens (tertiary/aromatic N) is 3. The predicted octanol–water partition coefficient (Wildman–Crippen LogP) is 4.38. The first-order chi connectivity index (χ1) is 13.7. The zero-order valence-electron chi connectivity index (χ0n) is 16.4. The molecule has 1 aliphatic rings. The highest BCUT2D eigenvalue weighted by molar-refractivity contribution is 5.70. The van der Waals surface area contributed by atoms with E-state index in [1.807, 2.05) is 22.8 Å². The molecule has 2 aromatic heterocycles. The number of aromatic amines is 1. The van der Waals surface area contributed by atoms with E-state index in [0.29, 0.717) is 35.1 Å². The summed E-state index contributed by atoms with van der Waals surface area (Å²) in [6, 6.07) is 7.52. The number of ether oxygens (including phenoxy) is 2. The van der Waals surface area contributed by atoms with Gasteiger partial charge >= 0.3 is 11.6 Å². The Morgan fingerprint density at radius 2 is 1.96 bits per heavy atom. The number of fused-ring (bicyclic) bond motifs is 1. The van der Waals surface area contributed by atoms with Crippen molar-refractivity contribution >= 4 is 11.2 Å². The molecule has 1 aromatic carbocycles. The predicted molar refractivity (Wildman–Crippen MR) is 107 cm³/mol. The molecule has 4 rings (SSSR count). The van der Waals surface area contributed by atoms with Crippen molar-refractivity contribution < 1.29 is 9.47 Å². The second-order valence-corrected chi connectivity index (χ2v) is 7.29. The van der Waals surface area contributed by atoms with E-state index in [-0.39, 0.29) is 11.6 Å². The molecule has 0 aliphatic heterocycles. The Balaban J connectivity index is 1.77. The number of H-pyrrole nitrogens is 1. The zero-order valence-corrected chi connectivity index (χ0v) is 16.4. The van der Waals surface area contributed by atoms with Gasteiger partial charge in [0.25, 0.3) is 0 Å². The zero-order chi connectivity index (χ0) is 19.5. The fourth-order valence-electron chi connectivity index (χ4n) is 3.86. The second-order valence-electron chi connectivity index (χ2n) is 7.29. The van der Waals surface area contributed by atoms with E-state index in [9.17, 15) is 4.79 Å². The minimum absolute atomic E-state index is 0.259. The molecule has 3 aromatic rings. The van der Waals surface area contributed by atoms with Crippen LogP contribution in [0.15, 0.2) is 29.1 Å². The lowest BCUT2D eigenvalue weighted by Gasteiger charge is -2.18. The molecular formula is C21H26N4O3. The van der Waals surface area contributed by atoms with Gasteiger partial charge in [-0.05, 0) is 31.4 Å². The average Bonchev–Trinajstić information content (AvgIpc) is 3.18. The number of aromatic nitrogens is 4. The van der Waals surface area contributed by atoms with Crippen LogP contribution in [-0.4, -0.2) is 26.6 Å². The van der Waals surface area contributed by atoms with Gasteiger partial charge in [-0.2, -0.15) is 4.98 Å². The third-order valence-electron chi connectivity index (χ3n) is 5.29. The maximum absolute atomic E-state index is 12.7. The molecule has 1 fully saturated rings. The maximum Gasteiger partial charge on any atom is 0.307 e. The summed E-state index contributed by atoms with van der Waals surface area (Å²) in [5, 5.41) is 0. The van der Waals surface area contributed by atoms with Crippen LogP contribution in [0.4, 0.5) is 0 Å². The van der Waals surface area contributed by atoms with Crippen LogP contribution in [0, 0.1) is 0 Å². The standard InChI is InChI=1S/C21H26N4O3/c1-3-12-25-19-17(22-18(23-19)14-8-5-4-6-9-14)20(26)24-21(25)28-16-11-7-10-15(13-16)27-2/h7,10-11,13-14H,3-6,8-9,12H2,1-2H3,(H,22,23). The Morgan fingerprint density at radius 3 is 2.71 bits per heavy atom. The molecule has 0 bridgehead atoms. The van der Waals surface area contributed by atoms with Crippen LogP contribution in [0.2, 0.25) is 0 Å². The Kier molecular flexibility index (Phi) is 5.32. The number of hydrogen-bond donors (Lipinski definition) is 1. The van der Waals surface area contributed by atoms with E-state index in [4.69, 9.17) is 14.5 Å². The molecule has 7 heteroatoms. The number of hydrogen-bond acceptors (Lipinski definition) is 5. The summed E-state index contributed by atoms with van der Waals surface area (Å²) < 4.78 is 13.1. The van der Waals surface area contributed by atoms with Crippen molar-refractivity contribution in [1.82, 2.24) is 19.5 Å². The van der Waals surface area contributed by atoms with Gasteiger partial charge in [0.05, 0.1) is 7.11 Å². The summed E-state index contributed by atoms with van der Waals surface area (Å²) in [5.74, 6) is 2.54. The lowest BCUT2D eigenvalue weighted by molar-refractivity contribution is 0.390. The molecule has 0 unspecified atom stereocenters. The topological polar surface area (TPSA) is 82.0 Å². The highest BCUT2D eigenvalue weighted by Gasteiger charge is 2.22. The van der Waals surface area contributed by atoms with Crippen LogP contribution in [0.3, 0.4) is 0 Å². The quantitative estimate of drug-likeness (QED) is 0.684. The molecule has 0 saturated heterocycles. The van der Waals surface area contributed by atoms with E-state index in [1.165, 1.54) is 19.3 Å². The molecule has 2 heterocycles. The number of methoxy groups -OCH3 is 1. The van der Waals surface area contributed by atoms with Gasteiger partial charge in [0.1, 0.15) is 17.3 Å². The van der Waals surface area contributed by atoms with Gasteiger partial charge in [-0.3, -0.25) is 9.36 Å². The third-order valence-corrected chi connectivity index (χ3v) is 5.29. The van der Waals surface area contributed by atoms with E-state index < -0.39 is 0 Å². The number of benzene rings is 1. The smallest absolute Gasteiger partial charge is 0.307 e. The fraction of sp³-hybridized carbons (Fsp3) is 0.476. The summed E-state index contributed by atoms with van der Waals surface area (Å²) in [6.07, 6.45) is 6.80. The minimum atomic E-state index is -0.338. The lowest BCUT2D eigenvalue weighted by atomic mass is 9.89. The van der Waals surface area contributed by atoms with Crippen LogP contribution in [0.1, 0.15) is 57.2 Å². The molecule has 148 valence electrons. The summed E-state index contributed by atoms with van der Waals surface area (Å²) in [5.41, 5.74) is 0.752. The van der Waals surface area contributed by atoms with Crippen molar-refractivity contribution in [2.75, 3.05) is 7.11 Å². The summed E-state index contributed by atoms with van der Waals surface area (Å²) in [6.45, 7) is 2.74. The first kappa shape index (κ1) is 18.5. The van der Waals surface area contributed by atoms with Crippen LogP contribution in [-0.2, 0) is 6.54 Å². The highest BCUT2D eigenvalue weighted by atomic mass is 16.5. The van der Waals surface area contributed by atoms with E-state index >= 15 is 0 Å². The van der Waals surface area contributed by atoms with Crippen LogP contribution < -0.4 is 15.0 Å². The fourth-order valence-corrected chi connectivity index (χ4v) is 3.86. The number of nitrogens with one attached hydrogen (secondary N) is 1. The van der Waals surface area contributed by atoms with Gasteiger partial charge in [-0.1, -0.05) is 32.3 Å². The average molecular weight is 382 g/mol. The second kappa shape index (κ2) is 8.04. The molecule has 1 saturated carbocycles. The van der Waals surface area contributed by atoms with E-state index in [0.717, 1.165) is 25.1 Å². The van der Waals surface area contributed by atoms with E-state index in [2.05, 4.69) is 16.9 Å². The summed E-state index contributed by atoms with van der Waals surface area (Å²) >= 11 is 0. The largest absolute Gasteiger partial charge is 0.497 e. The molecule has 28 heavy (non-hydrogen) atoms. The van der Waals surface area contributed by atoms with Gasteiger partial charge in [0, 0.05) is 18.5 Å². The van der Waals surface area contributed by atoms with Crippen molar-refractivity contribution in [3.8, 4) is 17.5 Å². The van der Waals surface area contributed by atoms with Crippen molar-refractivity contribution in [2.45, 2.75) is 57.9 Å². The third kappa shape index (κ3) is 3.61. The first-order valence-electron chi connectivity index (χ1n) is 10.0. The maximum atomic E-state index is 12.7. The van der Waals surface area contributed by atoms with Gasteiger partial charge < -0.3 is 14.5 Å². The monoisotopic (exact) mass is 382 g/mol. The van der Waals surface area contributed by atoms with Gasteiger partial charge in [-0.15, -0.1) is 0 Å². The molecule has 0 radical (unpaired) electrons. The Bertz CT molecular complexity index is 1020. The SMILES string of the molecule is CCCn1c(Oc2cccc(OC)c2)nc(=O)c2[nH]c(C3CCCCC3)nc21. The molecule has 1 N–H and O–H groups in total. The number of rotatable bonds is 6. The molecule has 1 aliphatic carbocycles. The van der Waals surface area contributed by atoms with Gasteiger partial charge in [0.15, 0.2) is 11.2 Å². The minimum Gasteiger partial charge on any atom is -0.497 e. The Labute approximate surface area is 163 Å². The molecule has 0 atom stereocenters. The summed E-state index contributed by atoms with van der Waals surface area (Å²) in [7, 11) is 1.60. The molecule has 0 amide bonds. The Morgan fingerprint density at radius 1 is 1.18 bits per heavy atom. The normalized spacial score (nSPS) is 15.1.